The second kappa shape index (κ2) is 11.8. The Morgan fingerprint density at radius 1 is 1.04 bits per heavy atom. The number of piperazine rings is 1. The van der Waals surface area contributed by atoms with Crippen LogP contribution >= 0.6 is 12.6 Å². The van der Waals surface area contributed by atoms with Crippen LogP contribution in [0.5, 0.6) is 0 Å². The van der Waals surface area contributed by atoms with Crippen molar-refractivity contribution >= 4 is 18.3 Å². The fraction of sp³-hybridized carbons (Fsp3) is 0.700. The molecule has 0 unspecified atom stereocenters. The van der Waals surface area contributed by atoms with E-state index in [1.165, 1.54) is 11.3 Å². The minimum atomic E-state index is 0.656. The molecule has 142 valence electrons. The zero-order valence-electron chi connectivity index (χ0n) is 15.9. The largest absolute Gasteiger partial charge is 0.381 e. The van der Waals surface area contributed by atoms with Gasteiger partial charge in [-0.2, -0.15) is 12.6 Å². The van der Waals surface area contributed by atoms with Crippen LogP contribution in [0, 0.1) is 0 Å². The van der Waals surface area contributed by atoms with E-state index in [1.54, 1.807) is 0 Å². The third-order valence-electron chi connectivity index (χ3n) is 4.76. The highest BCUT2D eigenvalue weighted by Crippen LogP contribution is 2.18. The molecule has 1 heterocycles. The Balaban J connectivity index is 1.62. The molecule has 5 heteroatoms. The SMILES string of the molecule is CC(C)N1CCN(c2ccc(CNCCCOCCCS)cc2)CC1. The molecule has 0 spiro atoms. The van der Waals surface area contributed by atoms with Crippen molar-refractivity contribution in [2.75, 3.05) is 56.6 Å². The van der Waals surface area contributed by atoms with Crippen molar-refractivity contribution in [1.82, 2.24) is 10.2 Å². The van der Waals surface area contributed by atoms with Crippen molar-refractivity contribution in [2.45, 2.75) is 39.3 Å². The maximum atomic E-state index is 5.53. The normalized spacial score (nSPS) is 15.9. The lowest BCUT2D eigenvalue weighted by atomic mass is 10.1. The summed E-state index contributed by atoms with van der Waals surface area (Å²) in [5, 5.41) is 3.49. The number of nitrogens with one attached hydrogen (secondary N) is 1. The first kappa shape index (κ1) is 20.6. The second-order valence-corrected chi connectivity index (χ2v) is 7.45. The summed E-state index contributed by atoms with van der Waals surface area (Å²) in [5.74, 6) is 0.904. The number of ether oxygens (including phenoxy) is 1. The van der Waals surface area contributed by atoms with Crippen LogP contribution in [0.1, 0.15) is 32.3 Å². The number of hydrogen-bond donors (Lipinski definition) is 2. The Kier molecular flexibility index (Phi) is 9.69. The number of benzene rings is 1. The highest BCUT2D eigenvalue weighted by atomic mass is 32.1. The predicted molar refractivity (Wildman–Crippen MR) is 111 cm³/mol. The molecular formula is C20H35N3OS. The maximum absolute atomic E-state index is 5.53. The topological polar surface area (TPSA) is 27.7 Å². The first-order valence-corrected chi connectivity index (χ1v) is 10.3. The van der Waals surface area contributed by atoms with E-state index in [9.17, 15) is 0 Å². The average Bonchev–Trinajstić information content (AvgIpc) is 2.64. The van der Waals surface area contributed by atoms with Crippen molar-refractivity contribution in [3.63, 3.8) is 0 Å². The van der Waals surface area contributed by atoms with Gasteiger partial charge in [-0.3, -0.25) is 4.90 Å². The zero-order chi connectivity index (χ0) is 17.9. The quantitative estimate of drug-likeness (QED) is 0.466. The molecule has 0 atom stereocenters. The molecule has 4 nitrogen and oxygen atoms in total. The summed E-state index contributed by atoms with van der Waals surface area (Å²) in [4.78, 5) is 5.05. The van der Waals surface area contributed by atoms with Crippen LogP contribution in [0.3, 0.4) is 0 Å². The molecule has 0 aliphatic carbocycles. The Morgan fingerprint density at radius 2 is 1.72 bits per heavy atom. The molecule has 1 aliphatic heterocycles. The highest BCUT2D eigenvalue weighted by molar-refractivity contribution is 7.80. The lowest BCUT2D eigenvalue weighted by molar-refractivity contribution is 0.133. The monoisotopic (exact) mass is 365 g/mol. The number of thiol groups is 1. The van der Waals surface area contributed by atoms with E-state index in [0.717, 1.165) is 71.1 Å². The summed E-state index contributed by atoms with van der Waals surface area (Å²) in [6.07, 6.45) is 2.10. The lowest BCUT2D eigenvalue weighted by Crippen LogP contribution is -2.48. The molecule has 1 aromatic rings. The standard InChI is InChI=1S/C20H35N3OS/c1-18(2)22-10-12-23(13-11-22)20-7-5-19(6-8-20)17-21-9-3-14-24-15-4-16-25/h5-8,18,21,25H,3-4,9-17H2,1-2H3. The molecule has 1 fully saturated rings. The smallest absolute Gasteiger partial charge is 0.0478 e. The Morgan fingerprint density at radius 3 is 2.36 bits per heavy atom. The van der Waals surface area contributed by atoms with Gasteiger partial charge in [0, 0.05) is 57.7 Å². The summed E-state index contributed by atoms with van der Waals surface area (Å²) in [5.41, 5.74) is 2.70. The van der Waals surface area contributed by atoms with Gasteiger partial charge in [-0.1, -0.05) is 12.1 Å². The van der Waals surface area contributed by atoms with Crippen molar-refractivity contribution in [2.24, 2.45) is 0 Å². The Labute approximate surface area is 159 Å². The van der Waals surface area contributed by atoms with Gasteiger partial charge in [0.25, 0.3) is 0 Å². The number of nitrogens with zero attached hydrogens (tertiary/aromatic N) is 2. The van der Waals surface area contributed by atoms with Crippen LogP contribution in [-0.4, -0.2) is 62.6 Å². The molecule has 0 radical (unpaired) electrons. The number of hydrogen-bond acceptors (Lipinski definition) is 5. The van der Waals surface area contributed by atoms with Crippen molar-refractivity contribution < 1.29 is 4.74 Å². The van der Waals surface area contributed by atoms with E-state index in [0.29, 0.717) is 6.04 Å². The third-order valence-corrected chi connectivity index (χ3v) is 5.08. The first-order chi connectivity index (χ1) is 12.2. The molecule has 1 aliphatic rings. The van der Waals surface area contributed by atoms with Gasteiger partial charge in [-0.15, -0.1) is 0 Å². The summed E-state index contributed by atoms with van der Waals surface area (Å²) < 4.78 is 5.53. The minimum Gasteiger partial charge on any atom is -0.381 e. The summed E-state index contributed by atoms with van der Waals surface area (Å²) in [6.45, 7) is 12.7. The van der Waals surface area contributed by atoms with Crippen LogP contribution in [-0.2, 0) is 11.3 Å². The lowest BCUT2D eigenvalue weighted by Gasteiger charge is -2.38. The van der Waals surface area contributed by atoms with Gasteiger partial charge in [0.05, 0.1) is 0 Å². The maximum Gasteiger partial charge on any atom is 0.0478 e. The molecular weight excluding hydrogens is 330 g/mol. The van der Waals surface area contributed by atoms with Crippen LogP contribution < -0.4 is 10.2 Å². The molecule has 2 rings (SSSR count). The predicted octanol–water partition coefficient (Wildman–Crippen LogP) is 3.03. The molecule has 0 amide bonds. The second-order valence-electron chi connectivity index (χ2n) is 7.00. The van der Waals surface area contributed by atoms with Gasteiger partial charge in [0.1, 0.15) is 0 Å². The number of rotatable bonds is 11. The van der Waals surface area contributed by atoms with Crippen LogP contribution in [0.25, 0.3) is 0 Å². The molecule has 0 saturated carbocycles. The molecule has 1 saturated heterocycles. The van der Waals surface area contributed by atoms with Gasteiger partial charge in [0.15, 0.2) is 0 Å². The van der Waals surface area contributed by atoms with Crippen LogP contribution in [0.2, 0.25) is 0 Å². The Bertz CT molecular complexity index is 459. The van der Waals surface area contributed by atoms with E-state index >= 15 is 0 Å². The van der Waals surface area contributed by atoms with E-state index < -0.39 is 0 Å². The molecule has 1 aromatic carbocycles. The summed E-state index contributed by atoms with van der Waals surface area (Å²) >= 11 is 4.17. The van der Waals surface area contributed by atoms with Crippen LogP contribution in [0.15, 0.2) is 24.3 Å². The summed E-state index contributed by atoms with van der Waals surface area (Å²) in [7, 11) is 0. The van der Waals surface area contributed by atoms with Crippen LogP contribution in [0.4, 0.5) is 5.69 Å². The van der Waals surface area contributed by atoms with E-state index in [4.69, 9.17) is 4.74 Å². The van der Waals surface area contributed by atoms with Gasteiger partial charge in [0.2, 0.25) is 0 Å². The van der Waals surface area contributed by atoms with Gasteiger partial charge in [-0.25, -0.2) is 0 Å². The highest BCUT2D eigenvalue weighted by Gasteiger charge is 2.18. The fourth-order valence-corrected chi connectivity index (χ4v) is 3.25. The Hall–Kier alpha value is -0.750. The van der Waals surface area contributed by atoms with Gasteiger partial charge >= 0.3 is 0 Å². The van der Waals surface area contributed by atoms with Crippen molar-refractivity contribution in [3.8, 4) is 0 Å². The first-order valence-electron chi connectivity index (χ1n) is 9.68. The van der Waals surface area contributed by atoms with Gasteiger partial charge < -0.3 is 15.0 Å². The minimum absolute atomic E-state index is 0.656. The van der Waals surface area contributed by atoms with Gasteiger partial charge in [-0.05, 0) is 56.7 Å². The van der Waals surface area contributed by atoms with Crippen molar-refractivity contribution in [1.29, 1.82) is 0 Å². The third kappa shape index (κ3) is 7.57. The number of anilines is 1. The molecule has 25 heavy (non-hydrogen) atoms. The molecule has 0 bridgehead atoms. The summed E-state index contributed by atoms with van der Waals surface area (Å²) in [6, 6.07) is 9.69. The van der Waals surface area contributed by atoms with Crippen molar-refractivity contribution in [3.05, 3.63) is 29.8 Å². The average molecular weight is 366 g/mol. The zero-order valence-corrected chi connectivity index (χ0v) is 16.8. The van der Waals surface area contributed by atoms with E-state index in [-0.39, 0.29) is 0 Å². The molecule has 0 aromatic heterocycles. The van der Waals surface area contributed by atoms with E-state index in [2.05, 4.69) is 65.9 Å². The fourth-order valence-electron chi connectivity index (χ4n) is 3.12. The van der Waals surface area contributed by atoms with E-state index in [1.807, 2.05) is 0 Å². The molecule has 1 N–H and O–H groups in total.